The number of phenolic OH excluding ortho intramolecular Hbond substituents is 1. The fourth-order valence-electron chi connectivity index (χ4n) is 3.77. The number of rotatable bonds is 1. The van der Waals surface area contributed by atoms with E-state index in [1.54, 1.807) is 6.07 Å². The summed E-state index contributed by atoms with van der Waals surface area (Å²) in [5.74, 6) is 0.175. The van der Waals surface area contributed by atoms with Gasteiger partial charge in [0.25, 0.3) is 0 Å². The van der Waals surface area contributed by atoms with Gasteiger partial charge in [-0.1, -0.05) is 36.0 Å². The van der Waals surface area contributed by atoms with E-state index in [9.17, 15) is 10.2 Å². The van der Waals surface area contributed by atoms with Gasteiger partial charge in [0, 0.05) is 22.5 Å². The summed E-state index contributed by atoms with van der Waals surface area (Å²) in [5.41, 5.74) is 0.0718. The van der Waals surface area contributed by atoms with Crippen molar-refractivity contribution in [2.45, 2.75) is 43.7 Å². The highest BCUT2D eigenvalue weighted by Gasteiger charge is 2.46. The van der Waals surface area contributed by atoms with Crippen molar-refractivity contribution in [1.82, 2.24) is 5.32 Å². The molecule has 1 aliphatic carbocycles. The Labute approximate surface area is 141 Å². The topological polar surface area (TPSA) is 52.5 Å². The molecule has 1 aromatic carbocycles. The molecule has 0 aromatic heterocycles. The lowest BCUT2D eigenvalue weighted by Gasteiger charge is -2.48. The van der Waals surface area contributed by atoms with Gasteiger partial charge < -0.3 is 15.5 Å². The maximum atomic E-state index is 10.9. The van der Waals surface area contributed by atoms with Crippen molar-refractivity contribution in [2.24, 2.45) is 5.92 Å². The van der Waals surface area contributed by atoms with Crippen LogP contribution in [-0.2, 0) is 0 Å². The average molecular weight is 353 g/mol. The second-order valence-corrected chi connectivity index (χ2v) is 6.81. The molecule has 0 spiro atoms. The number of benzene rings is 1. The van der Waals surface area contributed by atoms with E-state index in [2.05, 4.69) is 5.32 Å². The second-order valence-electron chi connectivity index (χ2n) is 5.96. The summed E-state index contributed by atoms with van der Waals surface area (Å²) >= 11 is 12.1. The van der Waals surface area contributed by atoms with E-state index in [1.165, 1.54) is 6.07 Å². The molecule has 0 bridgehead atoms. The van der Waals surface area contributed by atoms with E-state index in [4.69, 9.17) is 23.2 Å². The Hall–Kier alpha value is -0.190. The molecule has 6 heteroatoms. The fourth-order valence-corrected chi connectivity index (χ4v) is 4.28. The second kappa shape index (κ2) is 6.51. The molecule has 21 heavy (non-hydrogen) atoms. The summed E-state index contributed by atoms with van der Waals surface area (Å²) in [7, 11) is 0. The van der Waals surface area contributed by atoms with Crippen LogP contribution in [0.1, 0.15) is 43.7 Å². The molecule has 1 saturated carbocycles. The predicted octanol–water partition coefficient (Wildman–Crippen LogP) is 4.08. The Balaban J connectivity index is 0.00000161. The van der Waals surface area contributed by atoms with Gasteiger partial charge in [-0.05, 0) is 37.9 Å². The van der Waals surface area contributed by atoms with Crippen LogP contribution in [-0.4, -0.2) is 22.4 Å². The number of aromatic hydroxyl groups is 1. The number of hydrogen-bond acceptors (Lipinski definition) is 3. The molecule has 0 radical (unpaired) electrons. The highest BCUT2D eigenvalue weighted by atomic mass is 35.5. The molecular weight excluding hydrogens is 333 g/mol. The number of fused-ring (bicyclic) bond motifs is 1. The monoisotopic (exact) mass is 351 g/mol. The van der Waals surface area contributed by atoms with Crippen LogP contribution in [0.4, 0.5) is 0 Å². The zero-order valence-corrected chi connectivity index (χ0v) is 13.9. The zero-order chi connectivity index (χ0) is 14.3. The Morgan fingerprint density at radius 3 is 2.71 bits per heavy atom. The van der Waals surface area contributed by atoms with E-state index < -0.39 is 5.60 Å². The molecule has 3 nitrogen and oxygen atoms in total. The number of aliphatic hydroxyl groups is 1. The third-order valence-electron chi connectivity index (χ3n) is 4.78. The minimum Gasteiger partial charge on any atom is -0.506 e. The van der Waals surface area contributed by atoms with E-state index >= 15 is 0 Å². The molecule has 1 heterocycles. The molecule has 2 fully saturated rings. The van der Waals surface area contributed by atoms with Gasteiger partial charge in [0.05, 0.1) is 10.6 Å². The lowest BCUT2D eigenvalue weighted by molar-refractivity contribution is -0.0863. The fraction of sp³-hybridized carbons (Fsp3) is 0.600. The molecule has 118 valence electrons. The molecule has 0 amide bonds. The van der Waals surface area contributed by atoms with Crippen molar-refractivity contribution in [1.29, 1.82) is 0 Å². The molecule has 3 atom stereocenters. The van der Waals surface area contributed by atoms with Gasteiger partial charge in [-0.2, -0.15) is 0 Å². The number of halogens is 3. The first-order chi connectivity index (χ1) is 9.51. The summed E-state index contributed by atoms with van der Waals surface area (Å²) in [6, 6.07) is 3.20. The summed E-state index contributed by atoms with van der Waals surface area (Å²) in [4.78, 5) is 0. The van der Waals surface area contributed by atoms with Crippen molar-refractivity contribution < 1.29 is 10.2 Å². The maximum Gasteiger partial charge on any atom is 0.139 e. The number of phenols is 1. The van der Waals surface area contributed by atoms with Crippen molar-refractivity contribution in [3.05, 3.63) is 27.7 Å². The third kappa shape index (κ3) is 3.13. The van der Waals surface area contributed by atoms with Crippen LogP contribution in [0.2, 0.25) is 10.0 Å². The largest absolute Gasteiger partial charge is 0.506 e. The van der Waals surface area contributed by atoms with Crippen LogP contribution in [0.5, 0.6) is 5.75 Å². The van der Waals surface area contributed by atoms with Crippen LogP contribution in [0.3, 0.4) is 0 Å². The van der Waals surface area contributed by atoms with Crippen molar-refractivity contribution in [3.8, 4) is 5.75 Å². The SMILES string of the molecule is Cl.Oc1c(Cl)cc(Cl)cc1C1NCCC2(O)CCCCC12. The molecule has 3 N–H and O–H groups in total. The summed E-state index contributed by atoms with van der Waals surface area (Å²) in [6.07, 6.45) is 4.74. The molecule has 2 aliphatic rings. The lowest BCUT2D eigenvalue weighted by atomic mass is 9.66. The smallest absolute Gasteiger partial charge is 0.139 e. The molecule has 1 aliphatic heterocycles. The highest BCUT2D eigenvalue weighted by Crippen LogP contribution is 2.48. The minimum atomic E-state index is -0.630. The highest BCUT2D eigenvalue weighted by molar-refractivity contribution is 6.35. The van der Waals surface area contributed by atoms with Crippen LogP contribution in [0.15, 0.2) is 12.1 Å². The van der Waals surface area contributed by atoms with Gasteiger partial charge in [-0.25, -0.2) is 0 Å². The van der Waals surface area contributed by atoms with Gasteiger partial charge in [-0.15, -0.1) is 12.4 Å². The van der Waals surface area contributed by atoms with Gasteiger partial charge in [0.15, 0.2) is 0 Å². The van der Waals surface area contributed by atoms with Crippen molar-refractivity contribution in [3.63, 3.8) is 0 Å². The lowest BCUT2D eigenvalue weighted by Crippen LogP contribution is -2.53. The van der Waals surface area contributed by atoms with Crippen LogP contribution >= 0.6 is 35.6 Å². The van der Waals surface area contributed by atoms with Gasteiger partial charge >= 0.3 is 0 Å². The van der Waals surface area contributed by atoms with Crippen LogP contribution < -0.4 is 5.32 Å². The summed E-state index contributed by atoms with van der Waals surface area (Å²) in [5, 5.41) is 25.3. The van der Waals surface area contributed by atoms with Crippen molar-refractivity contribution >= 4 is 35.6 Å². The van der Waals surface area contributed by atoms with Crippen LogP contribution in [0.25, 0.3) is 0 Å². The average Bonchev–Trinajstić information content (AvgIpc) is 2.41. The number of piperidine rings is 1. The van der Waals surface area contributed by atoms with Crippen LogP contribution in [0, 0.1) is 5.92 Å². The Kier molecular flexibility index (Phi) is 5.32. The number of hydrogen-bond donors (Lipinski definition) is 3. The van der Waals surface area contributed by atoms with Gasteiger partial charge in [0.1, 0.15) is 5.75 Å². The van der Waals surface area contributed by atoms with E-state index in [1.807, 2.05) is 0 Å². The minimum absolute atomic E-state index is 0. The first-order valence-electron chi connectivity index (χ1n) is 7.15. The van der Waals surface area contributed by atoms with Gasteiger partial charge in [0.2, 0.25) is 0 Å². The standard InChI is InChI=1S/C15H19Cl2NO2.ClH/c16-9-7-10(14(19)12(17)8-9)13-11-3-1-2-4-15(11,20)5-6-18-13;/h7-8,11,13,18-20H,1-6H2;1H. The Morgan fingerprint density at radius 2 is 1.95 bits per heavy atom. The summed E-state index contributed by atoms with van der Waals surface area (Å²) in [6.45, 7) is 0.737. The Bertz CT molecular complexity index is 522. The maximum absolute atomic E-state index is 10.9. The molecule has 3 rings (SSSR count). The van der Waals surface area contributed by atoms with Crippen molar-refractivity contribution in [2.75, 3.05) is 6.54 Å². The first-order valence-corrected chi connectivity index (χ1v) is 7.90. The van der Waals surface area contributed by atoms with E-state index in [0.717, 1.165) is 38.6 Å². The molecule has 1 aromatic rings. The summed E-state index contributed by atoms with van der Waals surface area (Å²) < 4.78 is 0. The quantitative estimate of drug-likeness (QED) is 0.714. The predicted molar refractivity (Wildman–Crippen MR) is 87.6 cm³/mol. The van der Waals surface area contributed by atoms with E-state index in [-0.39, 0.29) is 35.1 Å². The van der Waals surface area contributed by atoms with Gasteiger partial charge in [-0.3, -0.25) is 0 Å². The molecular formula is C15H20Cl3NO2. The molecule has 1 saturated heterocycles. The normalized spacial score (nSPS) is 32.1. The Morgan fingerprint density at radius 1 is 1.19 bits per heavy atom. The molecule has 3 unspecified atom stereocenters. The van der Waals surface area contributed by atoms with E-state index in [0.29, 0.717) is 10.6 Å². The third-order valence-corrected chi connectivity index (χ3v) is 5.29. The number of nitrogens with one attached hydrogen (secondary N) is 1. The zero-order valence-electron chi connectivity index (χ0n) is 11.6. The first kappa shape index (κ1) is 17.2.